The maximum atomic E-state index is 12.5. The van der Waals surface area contributed by atoms with Crippen molar-refractivity contribution in [3.05, 3.63) is 53.6 Å². The van der Waals surface area contributed by atoms with Crippen LogP contribution in [-0.2, 0) is 11.3 Å². The summed E-state index contributed by atoms with van der Waals surface area (Å²) in [6.45, 7) is -0.117. The van der Waals surface area contributed by atoms with Crippen molar-refractivity contribution in [3.63, 3.8) is 0 Å². The molecule has 0 aliphatic carbocycles. The number of rotatable bonds is 6. The zero-order chi connectivity index (χ0) is 20.0. The Bertz CT molecular complexity index is 815. The van der Waals surface area contributed by atoms with Crippen LogP contribution >= 0.6 is 0 Å². The molecule has 0 saturated carbocycles. The third-order valence-corrected chi connectivity index (χ3v) is 3.62. The first-order valence-electron chi connectivity index (χ1n) is 7.73. The van der Waals surface area contributed by atoms with Gasteiger partial charge in [0, 0.05) is 12.2 Å². The van der Waals surface area contributed by atoms with Gasteiger partial charge in [0.2, 0.25) is 0 Å². The number of nitrogens with one attached hydrogen (secondary N) is 2. The molecule has 144 valence electrons. The van der Waals surface area contributed by atoms with Gasteiger partial charge in [-0.25, -0.2) is 0 Å². The number of methoxy groups -OCH3 is 2. The minimum absolute atomic E-state index is 0.0490. The second kappa shape index (κ2) is 8.43. The lowest BCUT2D eigenvalue weighted by Crippen LogP contribution is -2.31. The second-order valence-corrected chi connectivity index (χ2v) is 5.33. The molecular weight excluding hydrogens is 365 g/mol. The number of para-hydroxylation sites is 1. The summed E-state index contributed by atoms with van der Waals surface area (Å²) < 4.78 is 47.7. The van der Waals surface area contributed by atoms with Crippen LogP contribution in [0.4, 0.5) is 18.9 Å². The maximum absolute atomic E-state index is 12.5. The van der Waals surface area contributed by atoms with Crippen molar-refractivity contribution in [1.29, 1.82) is 0 Å². The Hall–Kier alpha value is -3.23. The standard InChI is InChI=1S/C18H17F3N2O4/c1-26-13-8-5-9-14(27-2)15(13)16(24)22-10-11-6-3-4-7-12(11)23-17(25)18(19,20)21/h3-9H,10H2,1-2H3,(H,22,24)(H,23,25). The molecule has 0 aromatic heterocycles. The van der Waals surface area contributed by atoms with E-state index in [1.165, 1.54) is 32.4 Å². The highest BCUT2D eigenvalue weighted by Crippen LogP contribution is 2.28. The molecule has 0 unspecified atom stereocenters. The molecule has 2 rings (SSSR count). The van der Waals surface area contributed by atoms with Gasteiger partial charge in [0.1, 0.15) is 17.1 Å². The first kappa shape index (κ1) is 20.1. The summed E-state index contributed by atoms with van der Waals surface area (Å²) in [6, 6.07) is 10.7. The number of carbonyl (C=O) groups is 2. The zero-order valence-electron chi connectivity index (χ0n) is 14.5. The van der Waals surface area contributed by atoms with Crippen LogP contribution in [0.2, 0.25) is 0 Å². The third kappa shape index (κ3) is 4.90. The van der Waals surface area contributed by atoms with E-state index in [-0.39, 0.29) is 29.3 Å². The van der Waals surface area contributed by atoms with Gasteiger partial charge in [-0.15, -0.1) is 0 Å². The Morgan fingerprint density at radius 3 is 2.11 bits per heavy atom. The topological polar surface area (TPSA) is 76.7 Å². The Morgan fingerprint density at radius 1 is 0.963 bits per heavy atom. The number of carbonyl (C=O) groups excluding carboxylic acids is 2. The molecule has 0 radical (unpaired) electrons. The van der Waals surface area contributed by atoms with Crippen molar-refractivity contribution in [1.82, 2.24) is 5.32 Å². The lowest BCUT2D eigenvalue weighted by atomic mass is 10.1. The molecule has 2 aromatic rings. The number of benzene rings is 2. The minimum Gasteiger partial charge on any atom is -0.496 e. The summed E-state index contributed by atoms with van der Waals surface area (Å²) in [4.78, 5) is 23.7. The van der Waals surface area contributed by atoms with Crippen LogP contribution in [-0.4, -0.2) is 32.2 Å². The van der Waals surface area contributed by atoms with Crippen molar-refractivity contribution in [3.8, 4) is 11.5 Å². The monoisotopic (exact) mass is 382 g/mol. The SMILES string of the molecule is COc1cccc(OC)c1C(=O)NCc1ccccc1NC(=O)C(F)(F)F. The summed E-state index contributed by atoms with van der Waals surface area (Å²) in [6.07, 6.45) is -5.01. The summed E-state index contributed by atoms with van der Waals surface area (Å²) in [5.41, 5.74) is 0.406. The number of amides is 2. The lowest BCUT2D eigenvalue weighted by Gasteiger charge is -2.15. The van der Waals surface area contributed by atoms with E-state index in [1.807, 2.05) is 0 Å². The summed E-state index contributed by atoms with van der Waals surface area (Å²) in [5, 5.41) is 4.38. The number of ether oxygens (including phenoxy) is 2. The van der Waals surface area contributed by atoms with Crippen LogP contribution in [0.5, 0.6) is 11.5 Å². The first-order chi connectivity index (χ1) is 12.8. The maximum Gasteiger partial charge on any atom is 0.471 e. The van der Waals surface area contributed by atoms with E-state index < -0.39 is 18.0 Å². The van der Waals surface area contributed by atoms with E-state index in [1.54, 1.807) is 29.6 Å². The number of alkyl halides is 3. The first-order valence-corrected chi connectivity index (χ1v) is 7.73. The average Bonchev–Trinajstić information content (AvgIpc) is 2.65. The fourth-order valence-electron chi connectivity index (χ4n) is 2.33. The summed E-state index contributed by atoms with van der Waals surface area (Å²) in [7, 11) is 2.79. The Labute approximate surface area is 153 Å². The summed E-state index contributed by atoms with van der Waals surface area (Å²) in [5.74, 6) is -2.06. The zero-order valence-corrected chi connectivity index (χ0v) is 14.5. The van der Waals surface area contributed by atoms with Crippen molar-refractivity contribution < 1.29 is 32.2 Å². The second-order valence-electron chi connectivity index (χ2n) is 5.33. The highest BCUT2D eigenvalue weighted by molar-refractivity contribution is 6.00. The van der Waals surface area contributed by atoms with Crippen molar-refractivity contribution >= 4 is 17.5 Å². The molecule has 9 heteroatoms. The molecule has 27 heavy (non-hydrogen) atoms. The van der Waals surface area contributed by atoms with Gasteiger partial charge in [-0.2, -0.15) is 13.2 Å². The molecule has 2 aromatic carbocycles. The highest BCUT2D eigenvalue weighted by atomic mass is 19.4. The van der Waals surface area contributed by atoms with E-state index >= 15 is 0 Å². The van der Waals surface area contributed by atoms with Crippen molar-refractivity contribution in [2.45, 2.75) is 12.7 Å². The van der Waals surface area contributed by atoms with Crippen molar-refractivity contribution in [2.75, 3.05) is 19.5 Å². The van der Waals surface area contributed by atoms with Crippen LogP contribution in [0.3, 0.4) is 0 Å². The van der Waals surface area contributed by atoms with E-state index in [9.17, 15) is 22.8 Å². The normalized spacial score (nSPS) is 10.9. The van der Waals surface area contributed by atoms with Crippen LogP contribution in [0.15, 0.2) is 42.5 Å². The van der Waals surface area contributed by atoms with Gasteiger partial charge >= 0.3 is 12.1 Å². The van der Waals surface area contributed by atoms with Crippen LogP contribution in [0, 0.1) is 0 Å². The van der Waals surface area contributed by atoms with Gasteiger partial charge in [-0.3, -0.25) is 9.59 Å². The van der Waals surface area contributed by atoms with E-state index in [2.05, 4.69) is 5.32 Å². The largest absolute Gasteiger partial charge is 0.496 e. The van der Waals surface area contributed by atoms with Crippen LogP contribution in [0.25, 0.3) is 0 Å². The predicted octanol–water partition coefficient (Wildman–Crippen LogP) is 3.13. The number of hydrogen-bond donors (Lipinski definition) is 2. The van der Waals surface area contributed by atoms with Crippen LogP contribution < -0.4 is 20.1 Å². The molecule has 0 spiro atoms. The lowest BCUT2D eigenvalue weighted by molar-refractivity contribution is -0.167. The molecule has 0 atom stereocenters. The van der Waals surface area contributed by atoms with Gasteiger partial charge in [-0.05, 0) is 23.8 Å². The van der Waals surface area contributed by atoms with E-state index in [0.717, 1.165) is 0 Å². The molecule has 2 N–H and O–H groups in total. The smallest absolute Gasteiger partial charge is 0.471 e. The van der Waals surface area contributed by atoms with Gasteiger partial charge in [0.05, 0.1) is 14.2 Å². The number of halogens is 3. The number of anilines is 1. The molecule has 0 saturated heterocycles. The molecule has 6 nitrogen and oxygen atoms in total. The van der Waals surface area contributed by atoms with Crippen LogP contribution in [0.1, 0.15) is 15.9 Å². The van der Waals surface area contributed by atoms with E-state index in [0.29, 0.717) is 5.56 Å². The Balaban J connectivity index is 2.19. The third-order valence-electron chi connectivity index (χ3n) is 3.62. The molecule has 0 aliphatic heterocycles. The fraction of sp³-hybridized carbons (Fsp3) is 0.222. The van der Waals surface area contributed by atoms with Gasteiger partial charge in [0.25, 0.3) is 5.91 Å². The fourth-order valence-corrected chi connectivity index (χ4v) is 2.33. The molecular formula is C18H17F3N2O4. The predicted molar refractivity (Wildman–Crippen MR) is 91.8 cm³/mol. The molecule has 0 fully saturated rings. The van der Waals surface area contributed by atoms with Gasteiger partial charge in [0.15, 0.2) is 0 Å². The number of hydrogen-bond acceptors (Lipinski definition) is 4. The van der Waals surface area contributed by atoms with Crippen molar-refractivity contribution in [2.24, 2.45) is 0 Å². The molecule has 0 bridgehead atoms. The highest BCUT2D eigenvalue weighted by Gasteiger charge is 2.38. The van der Waals surface area contributed by atoms with E-state index in [4.69, 9.17) is 9.47 Å². The van der Waals surface area contributed by atoms with Gasteiger partial charge in [-0.1, -0.05) is 24.3 Å². The van der Waals surface area contributed by atoms with Gasteiger partial charge < -0.3 is 20.1 Å². The molecule has 0 heterocycles. The Morgan fingerprint density at radius 2 is 1.56 bits per heavy atom. The molecule has 0 aliphatic rings. The quantitative estimate of drug-likeness (QED) is 0.805. The minimum atomic E-state index is -5.01. The Kier molecular flexibility index (Phi) is 6.27. The summed E-state index contributed by atoms with van der Waals surface area (Å²) >= 11 is 0. The average molecular weight is 382 g/mol. The molecule has 2 amide bonds.